The van der Waals surface area contributed by atoms with Gasteiger partial charge in [0.2, 0.25) is 0 Å². The smallest absolute Gasteiger partial charge is 0.314 e. The molecule has 1 N–H and O–H groups in total. The molecule has 1 aromatic heterocycles. The van der Waals surface area contributed by atoms with Crippen LogP contribution in [0, 0.1) is 5.82 Å². The number of alkyl halides is 3. The molecule has 8 heteroatoms. The average Bonchev–Trinajstić information content (AvgIpc) is 2.57. The molecule has 0 saturated carbocycles. The van der Waals surface area contributed by atoms with Gasteiger partial charge in [-0.25, -0.2) is 4.39 Å². The molecule has 0 bridgehead atoms. The van der Waals surface area contributed by atoms with Crippen LogP contribution in [0.1, 0.15) is 22.7 Å². The summed E-state index contributed by atoms with van der Waals surface area (Å²) in [5.41, 5.74) is 0.288. The van der Waals surface area contributed by atoms with Crippen LogP contribution >= 0.6 is 12.4 Å². The molecule has 3 nitrogen and oxygen atoms in total. The van der Waals surface area contributed by atoms with Crippen LogP contribution in [0.2, 0.25) is 0 Å². The van der Waals surface area contributed by atoms with Crippen molar-refractivity contribution in [3.05, 3.63) is 65.2 Å². The van der Waals surface area contributed by atoms with Crippen molar-refractivity contribution in [1.82, 2.24) is 15.2 Å². The standard InChI is InChI=1S/C17H17F4N3.ClH/c18-15-2-1-12(9-14(15)17(19,20)21)11-24-8-7-23-10-16(24)13-3-5-22-6-4-13;/h1-6,9,16,23H,7-8,10-11H2;1H. The fourth-order valence-electron chi connectivity index (χ4n) is 2.97. The van der Waals surface area contributed by atoms with Crippen LogP contribution in [-0.4, -0.2) is 29.5 Å². The van der Waals surface area contributed by atoms with Crippen molar-refractivity contribution in [3.8, 4) is 0 Å². The monoisotopic (exact) mass is 375 g/mol. The zero-order valence-corrected chi connectivity index (χ0v) is 14.1. The van der Waals surface area contributed by atoms with Crippen molar-refractivity contribution in [1.29, 1.82) is 0 Å². The fraction of sp³-hybridized carbons (Fsp3) is 0.353. The molecule has 0 radical (unpaired) electrons. The molecule has 1 atom stereocenters. The summed E-state index contributed by atoms with van der Waals surface area (Å²) in [4.78, 5) is 6.09. The summed E-state index contributed by atoms with van der Waals surface area (Å²) in [5, 5.41) is 3.29. The predicted octanol–water partition coefficient (Wildman–Crippen LogP) is 3.81. The number of benzene rings is 1. The molecule has 1 saturated heterocycles. The van der Waals surface area contributed by atoms with Gasteiger partial charge in [0.15, 0.2) is 0 Å². The van der Waals surface area contributed by atoms with Crippen molar-refractivity contribution in [2.45, 2.75) is 18.8 Å². The third kappa shape index (κ3) is 4.68. The van der Waals surface area contributed by atoms with E-state index in [4.69, 9.17) is 0 Å². The summed E-state index contributed by atoms with van der Waals surface area (Å²) in [6, 6.07) is 7.05. The van der Waals surface area contributed by atoms with E-state index in [0.29, 0.717) is 25.2 Å². The highest BCUT2D eigenvalue weighted by Crippen LogP contribution is 2.32. The molecule has 1 unspecified atom stereocenters. The molecule has 3 rings (SSSR count). The Hall–Kier alpha value is -1.70. The number of hydrogen-bond acceptors (Lipinski definition) is 3. The second-order valence-electron chi connectivity index (χ2n) is 5.78. The van der Waals surface area contributed by atoms with E-state index in [1.807, 2.05) is 12.1 Å². The lowest BCUT2D eigenvalue weighted by atomic mass is 10.0. The Morgan fingerprint density at radius 3 is 2.56 bits per heavy atom. The van der Waals surface area contributed by atoms with Crippen molar-refractivity contribution in [2.75, 3.05) is 19.6 Å². The number of hydrogen-bond donors (Lipinski definition) is 1. The number of piperazine rings is 1. The van der Waals surface area contributed by atoms with Gasteiger partial charge in [0.1, 0.15) is 5.82 Å². The van der Waals surface area contributed by atoms with E-state index in [1.165, 1.54) is 6.07 Å². The van der Waals surface area contributed by atoms with Crippen LogP contribution in [0.4, 0.5) is 17.6 Å². The lowest BCUT2D eigenvalue weighted by Crippen LogP contribution is -2.45. The zero-order chi connectivity index (χ0) is 17.2. The Morgan fingerprint density at radius 2 is 1.88 bits per heavy atom. The quantitative estimate of drug-likeness (QED) is 0.827. The van der Waals surface area contributed by atoms with Gasteiger partial charge in [0.25, 0.3) is 0 Å². The molecule has 2 aromatic rings. The molecule has 1 aliphatic heterocycles. The Morgan fingerprint density at radius 1 is 1.16 bits per heavy atom. The van der Waals surface area contributed by atoms with Gasteiger partial charge in [0, 0.05) is 44.6 Å². The van der Waals surface area contributed by atoms with E-state index in [9.17, 15) is 17.6 Å². The molecule has 1 aliphatic rings. The van der Waals surface area contributed by atoms with Crippen molar-refractivity contribution in [3.63, 3.8) is 0 Å². The highest BCUT2D eigenvalue weighted by atomic mass is 35.5. The maximum atomic E-state index is 13.4. The molecular weight excluding hydrogens is 358 g/mol. The van der Waals surface area contributed by atoms with Gasteiger partial charge in [-0.05, 0) is 35.4 Å². The van der Waals surface area contributed by atoms with E-state index < -0.39 is 17.6 Å². The van der Waals surface area contributed by atoms with Crippen LogP contribution in [0.3, 0.4) is 0 Å². The molecule has 2 heterocycles. The van der Waals surface area contributed by atoms with Gasteiger partial charge in [0.05, 0.1) is 5.56 Å². The lowest BCUT2D eigenvalue weighted by molar-refractivity contribution is -0.140. The molecule has 0 aliphatic carbocycles. The summed E-state index contributed by atoms with van der Waals surface area (Å²) < 4.78 is 52.1. The van der Waals surface area contributed by atoms with E-state index in [0.717, 1.165) is 24.2 Å². The molecule has 25 heavy (non-hydrogen) atoms. The molecule has 1 aromatic carbocycles. The summed E-state index contributed by atoms with van der Waals surface area (Å²) in [7, 11) is 0. The average molecular weight is 376 g/mol. The van der Waals surface area contributed by atoms with E-state index >= 15 is 0 Å². The highest BCUT2D eigenvalue weighted by molar-refractivity contribution is 5.85. The highest BCUT2D eigenvalue weighted by Gasteiger charge is 2.34. The molecule has 136 valence electrons. The van der Waals surface area contributed by atoms with Crippen LogP contribution in [-0.2, 0) is 12.7 Å². The van der Waals surface area contributed by atoms with E-state index in [1.54, 1.807) is 12.4 Å². The van der Waals surface area contributed by atoms with Gasteiger partial charge in [-0.15, -0.1) is 12.4 Å². The maximum absolute atomic E-state index is 13.4. The Balaban J connectivity index is 0.00000225. The van der Waals surface area contributed by atoms with Crippen molar-refractivity contribution >= 4 is 12.4 Å². The summed E-state index contributed by atoms with van der Waals surface area (Å²) in [6.07, 6.45) is -1.29. The van der Waals surface area contributed by atoms with Crippen molar-refractivity contribution < 1.29 is 17.6 Å². The minimum absolute atomic E-state index is 0. The normalized spacial score (nSPS) is 18.6. The van der Waals surface area contributed by atoms with Crippen molar-refractivity contribution in [2.24, 2.45) is 0 Å². The van der Waals surface area contributed by atoms with Gasteiger partial charge < -0.3 is 5.32 Å². The van der Waals surface area contributed by atoms with Crippen LogP contribution < -0.4 is 5.32 Å². The first-order valence-electron chi connectivity index (χ1n) is 7.65. The first-order chi connectivity index (χ1) is 11.4. The maximum Gasteiger partial charge on any atom is 0.419 e. The number of nitrogens with one attached hydrogen (secondary N) is 1. The van der Waals surface area contributed by atoms with Crippen LogP contribution in [0.5, 0.6) is 0 Å². The molecule has 1 fully saturated rings. The topological polar surface area (TPSA) is 28.2 Å². The number of halogens is 5. The Labute approximate surface area is 149 Å². The first kappa shape index (κ1) is 19.6. The van der Waals surface area contributed by atoms with Crippen LogP contribution in [0.15, 0.2) is 42.7 Å². The first-order valence-corrected chi connectivity index (χ1v) is 7.65. The molecule has 0 spiro atoms. The SMILES string of the molecule is Cl.Fc1ccc(CN2CCNCC2c2ccncc2)cc1C(F)(F)F. The summed E-state index contributed by atoms with van der Waals surface area (Å²) >= 11 is 0. The van der Waals surface area contributed by atoms with Gasteiger partial charge in [-0.2, -0.15) is 13.2 Å². The molecule has 0 amide bonds. The summed E-state index contributed by atoms with van der Waals surface area (Å²) in [6.45, 7) is 2.50. The minimum atomic E-state index is -4.69. The molecular formula is C17H18ClF4N3. The third-order valence-corrected chi connectivity index (χ3v) is 4.17. The Kier molecular flexibility index (Phi) is 6.37. The number of rotatable bonds is 3. The van der Waals surface area contributed by atoms with E-state index in [2.05, 4.69) is 15.2 Å². The number of aromatic nitrogens is 1. The van der Waals surface area contributed by atoms with Gasteiger partial charge >= 0.3 is 6.18 Å². The van der Waals surface area contributed by atoms with Crippen LogP contribution in [0.25, 0.3) is 0 Å². The third-order valence-electron chi connectivity index (χ3n) is 4.17. The summed E-state index contributed by atoms with van der Waals surface area (Å²) in [5.74, 6) is -1.24. The largest absolute Gasteiger partial charge is 0.419 e. The predicted molar refractivity (Wildman–Crippen MR) is 88.9 cm³/mol. The minimum Gasteiger partial charge on any atom is -0.314 e. The zero-order valence-electron chi connectivity index (χ0n) is 13.3. The second-order valence-corrected chi connectivity index (χ2v) is 5.78. The fourth-order valence-corrected chi connectivity index (χ4v) is 2.97. The Bertz CT molecular complexity index is 694. The number of pyridine rings is 1. The van der Waals surface area contributed by atoms with Gasteiger partial charge in [-0.3, -0.25) is 9.88 Å². The van der Waals surface area contributed by atoms with Gasteiger partial charge in [-0.1, -0.05) is 6.07 Å². The van der Waals surface area contributed by atoms with E-state index in [-0.39, 0.29) is 18.4 Å². The second kappa shape index (κ2) is 8.12. The number of nitrogens with zero attached hydrogens (tertiary/aromatic N) is 2. The lowest BCUT2D eigenvalue weighted by Gasteiger charge is -2.36.